The van der Waals surface area contributed by atoms with Crippen molar-refractivity contribution in [3.8, 4) is 0 Å². The van der Waals surface area contributed by atoms with Crippen molar-refractivity contribution in [2.24, 2.45) is 5.92 Å². The fourth-order valence-electron chi connectivity index (χ4n) is 3.10. The number of unbranched alkanes of at least 4 members (excludes halogenated alkanes) is 6. The van der Waals surface area contributed by atoms with Crippen LogP contribution in [0.15, 0.2) is 0 Å². The van der Waals surface area contributed by atoms with Gasteiger partial charge in [0, 0.05) is 12.8 Å². The van der Waals surface area contributed by atoms with Crippen LogP contribution in [0.2, 0.25) is 0 Å². The molecule has 0 rings (SSSR count). The van der Waals surface area contributed by atoms with Crippen molar-refractivity contribution in [2.75, 3.05) is 0 Å². The Morgan fingerprint density at radius 3 is 1.62 bits per heavy atom. The third kappa shape index (κ3) is 16.4. The molecule has 0 heterocycles. The fraction of sp³-hybridized carbons (Fsp3) is 0.909. The van der Waals surface area contributed by atoms with Crippen molar-refractivity contribution in [1.82, 2.24) is 0 Å². The lowest BCUT2D eigenvalue weighted by molar-refractivity contribution is -0.148. The second-order valence-corrected chi connectivity index (χ2v) is 7.90. The van der Waals surface area contributed by atoms with Crippen LogP contribution in [0, 0.1) is 5.92 Å². The molecule has 0 aromatic carbocycles. The van der Waals surface area contributed by atoms with E-state index in [9.17, 15) is 9.59 Å². The average Bonchev–Trinajstić information content (AvgIpc) is 2.54. The van der Waals surface area contributed by atoms with E-state index < -0.39 is 0 Å². The van der Waals surface area contributed by atoms with Crippen molar-refractivity contribution < 1.29 is 19.1 Å². The minimum absolute atomic E-state index is 0.00435. The van der Waals surface area contributed by atoms with Gasteiger partial charge in [-0.15, -0.1) is 0 Å². The van der Waals surface area contributed by atoms with E-state index in [1.807, 2.05) is 27.7 Å². The van der Waals surface area contributed by atoms with Crippen molar-refractivity contribution >= 4 is 11.9 Å². The van der Waals surface area contributed by atoms with Gasteiger partial charge in [0.25, 0.3) is 0 Å². The molecule has 0 spiro atoms. The number of carbonyl (C=O) groups is 2. The first-order chi connectivity index (χ1) is 12.3. The highest BCUT2D eigenvalue weighted by Crippen LogP contribution is 2.20. The van der Waals surface area contributed by atoms with Crippen LogP contribution < -0.4 is 0 Å². The maximum atomic E-state index is 11.6. The lowest BCUT2D eigenvalue weighted by Crippen LogP contribution is -2.12. The maximum absolute atomic E-state index is 11.6. The van der Waals surface area contributed by atoms with Gasteiger partial charge in [0.1, 0.15) is 0 Å². The third-order valence-corrected chi connectivity index (χ3v) is 4.56. The van der Waals surface area contributed by atoms with Gasteiger partial charge in [-0.2, -0.15) is 0 Å². The Morgan fingerprint density at radius 1 is 0.654 bits per heavy atom. The van der Waals surface area contributed by atoms with Gasteiger partial charge in [-0.25, -0.2) is 0 Å². The fourth-order valence-corrected chi connectivity index (χ4v) is 3.10. The van der Waals surface area contributed by atoms with Crippen LogP contribution in [0.4, 0.5) is 0 Å². The SMILES string of the molecule is CCC(CCCCCCCCCC(=O)OC(C)C)CCC(=O)OC(C)C. The lowest BCUT2D eigenvalue weighted by atomic mass is 9.93. The summed E-state index contributed by atoms with van der Waals surface area (Å²) in [5.41, 5.74) is 0. The Kier molecular flexibility index (Phi) is 15.5. The third-order valence-electron chi connectivity index (χ3n) is 4.56. The van der Waals surface area contributed by atoms with Crippen LogP contribution in [0.5, 0.6) is 0 Å². The predicted octanol–water partition coefficient (Wildman–Crippen LogP) is 6.21. The van der Waals surface area contributed by atoms with E-state index in [-0.39, 0.29) is 24.1 Å². The quantitative estimate of drug-likeness (QED) is 0.239. The van der Waals surface area contributed by atoms with Gasteiger partial charge in [0.2, 0.25) is 0 Å². The van der Waals surface area contributed by atoms with Crippen molar-refractivity contribution in [2.45, 2.75) is 124 Å². The van der Waals surface area contributed by atoms with Gasteiger partial charge in [-0.1, -0.05) is 58.3 Å². The predicted molar refractivity (Wildman–Crippen MR) is 107 cm³/mol. The number of hydrogen-bond donors (Lipinski definition) is 0. The van der Waals surface area contributed by atoms with Crippen LogP contribution in [0.3, 0.4) is 0 Å². The lowest BCUT2D eigenvalue weighted by Gasteiger charge is -2.15. The van der Waals surface area contributed by atoms with Gasteiger partial charge >= 0.3 is 11.9 Å². The second kappa shape index (κ2) is 16.1. The summed E-state index contributed by atoms with van der Waals surface area (Å²) >= 11 is 0. The normalized spacial score (nSPS) is 12.4. The summed E-state index contributed by atoms with van der Waals surface area (Å²) in [6, 6.07) is 0. The highest BCUT2D eigenvalue weighted by atomic mass is 16.5. The molecule has 26 heavy (non-hydrogen) atoms. The summed E-state index contributed by atoms with van der Waals surface area (Å²) in [6.45, 7) is 9.78. The number of ether oxygens (including phenoxy) is 2. The Balaban J connectivity index is 3.52. The Hall–Kier alpha value is -1.06. The molecular formula is C22H42O4. The van der Waals surface area contributed by atoms with Crippen molar-refractivity contribution in [3.05, 3.63) is 0 Å². The summed E-state index contributed by atoms with van der Waals surface area (Å²) in [7, 11) is 0. The Morgan fingerprint density at radius 2 is 1.12 bits per heavy atom. The molecule has 0 bridgehead atoms. The van der Waals surface area contributed by atoms with Gasteiger partial charge in [-0.05, 0) is 46.5 Å². The first-order valence-electron chi connectivity index (χ1n) is 10.7. The molecule has 1 unspecified atom stereocenters. The minimum Gasteiger partial charge on any atom is -0.463 e. The second-order valence-electron chi connectivity index (χ2n) is 7.90. The van der Waals surface area contributed by atoms with Gasteiger partial charge in [0.05, 0.1) is 12.2 Å². The number of carbonyl (C=O) groups excluding carboxylic acids is 2. The van der Waals surface area contributed by atoms with Crippen LogP contribution in [0.25, 0.3) is 0 Å². The zero-order chi connectivity index (χ0) is 19.8. The standard InChI is InChI=1S/C22H42O4/c1-6-20(16-17-22(24)26-19(4)5)14-12-10-8-7-9-11-13-15-21(23)25-18(2)3/h18-20H,6-17H2,1-5H3. The summed E-state index contributed by atoms with van der Waals surface area (Å²) in [6.07, 6.45) is 12.7. The average molecular weight is 371 g/mol. The molecule has 1 atom stereocenters. The topological polar surface area (TPSA) is 52.6 Å². The molecule has 0 aliphatic carbocycles. The molecule has 0 aromatic heterocycles. The van der Waals surface area contributed by atoms with Crippen LogP contribution >= 0.6 is 0 Å². The molecule has 0 aliphatic rings. The summed E-state index contributed by atoms with van der Waals surface area (Å²) < 4.78 is 10.3. The van der Waals surface area contributed by atoms with Gasteiger partial charge in [0.15, 0.2) is 0 Å². The number of esters is 2. The summed E-state index contributed by atoms with van der Waals surface area (Å²) in [5, 5.41) is 0. The van der Waals surface area contributed by atoms with Crippen molar-refractivity contribution in [1.29, 1.82) is 0 Å². The molecule has 0 aliphatic heterocycles. The van der Waals surface area contributed by atoms with Crippen LogP contribution in [-0.4, -0.2) is 24.1 Å². The maximum Gasteiger partial charge on any atom is 0.306 e. The molecule has 0 radical (unpaired) electrons. The van der Waals surface area contributed by atoms with E-state index >= 15 is 0 Å². The first kappa shape index (κ1) is 24.9. The largest absolute Gasteiger partial charge is 0.463 e. The molecule has 0 saturated heterocycles. The van der Waals surface area contributed by atoms with E-state index in [1.54, 1.807) is 0 Å². The molecule has 154 valence electrons. The minimum atomic E-state index is -0.0668. The summed E-state index contributed by atoms with van der Waals surface area (Å²) in [5.74, 6) is 0.514. The van der Waals surface area contributed by atoms with E-state index in [4.69, 9.17) is 9.47 Å². The van der Waals surface area contributed by atoms with Crippen molar-refractivity contribution in [3.63, 3.8) is 0 Å². The van der Waals surface area contributed by atoms with Gasteiger partial charge in [-0.3, -0.25) is 9.59 Å². The number of rotatable bonds is 16. The monoisotopic (exact) mass is 370 g/mol. The Bertz CT molecular complexity index is 363. The van der Waals surface area contributed by atoms with E-state index in [0.29, 0.717) is 18.8 Å². The first-order valence-corrected chi connectivity index (χ1v) is 10.7. The van der Waals surface area contributed by atoms with E-state index in [1.165, 1.54) is 38.5 Å². The highest BCUT2D eigenvalue weighted by molar-refractivity contribution is 5.69. The molecule has 4 heteroatoms. The molecule has 0 amide bonds. The van der Waals surface area contributed by atoms with Gasteiger partial charge < -0.3 is 9.47 Å². The molecule has 0 saturated carbocycles. The Labute approximate surface area is 161 Å². The highest BCUT2D eigenvalue weighted by Gasteiger charge is 2.11. The molecule has 4 nitrogen and oxygen atoms in total. The molecule has 0 fully saturated rings. The smallest absolute Gasteiger partial charge is 0.306 e. The zero-order valence-electron chi connectivity index (χ0n) is 17.9. The molecule has 0 N–H and O–H groups in total. The number of hydrogen-bond acceptors (Lipinski definition) is 4. The van der Waals surface area contributed by atoms with Crippen LogP contribution in [-0.2, 0) is 19.1 Å². The van der Waals surface area contributed by atoms with E-state index in [0.717, 1.165) is 25.7 Å². The van der Waals surface area contributed by atoms with E-state index in [2.05, 4.69) is 6.92 Å². The van der Waals surface area contributed by atoms with Crippen LogP contribution in [0.1, 0.15) is 112 Å². The zero-order valence-corrected chi connectivity index (χ0v) is 17.9. The molecular weight excluding hydrogens is 328 g/mol. The summed E-state index contributed by atoms with van der Waals surface area (Å²) in [4.78, 5) is 23.0. The molecule has 0 aromatic rings.